The zero-order valence-electron chi connectivity index (χ0n) is 17.2. The van der Waals surface area contributed by atoms with Gasteiger partial charge in [-0.25, -0.2) is 4.79 Å². The van der Waals surface area contributed by atoms with E-state index in [2.05, 4.69) is 38.7 Å². The minimum absolute atomic E-state index is 0.144. The molecule has 0 atom stereocenters. The van der Waals surface area contributed by atoms with E-state index in [1.165, 1.54) is 0 Å². The van der Waals surface area contributed by atoms with Crippen molar-refractivity contribution in [2.24, 2.45) is 7.05 Å². The number of fused-ring (bicyclic) bond motifs is 1. The third-order valence-electron chi connectivity index (χ3n) is 5.19. The molecule has 0 aliphatic carbocycles. The maximum absolute atomic E-state index is 12.6. The minimum Gasteiger partial charge on any atom is -0.487 e. The first-order chi connectivity index (χ1) is 14.9. The van der Waals surface area contributed by atoms with Gasteiger partial charge < -0.3 is 14.0 Å². The second-order valence-electron chi connectivity index (χ2n) is 7.33. The van der Waals surface area contributed by atoms with Crippen molar-refractivity contribution in [2.75, 3.05) is 0 Å². The fourth-order valence-corrected chi connectivity index (χ4v) is 4.01. The van der Waals surface area contributed by atoms with E-state index in [0.717, 1.165) is 37.9 Å². The van der Waals surface area contributed by atoms with E-state index in [0.29, 0.717) is 17.2 Å². The molecule has 158 valence electrons. The highest BCUT2D eigenvalue weighted by atomic mass is 79.9. The van der Waals surface area contributed by atoms with Crippen LogP contribution >= 0.6 is 27.5 Å². The number of hydrogen-bond acceptors (Lipinski definition) is 3. The summed E-state index contributed by atoms with van der Waals surface area (Å²) in [6.07, 6.45) is 0. The lowest BCUT2D eigenvalue weighted by atomic mass is 10.1. The minimum atomic E-state index is -0.410. The highest BCUT2D eigenvalue weighted by Gasteiger charge is 2.18. The van der Waals surface area contributed by atoms with Crippen LogP contribution in [0.2, 0.25) is 5.02 Å². The molecule has 4 aromatic rings. The summed E-state index contributed by atoms with van der Waals surface area (Å²) >= 11 is 9.44. The SMILES string of the molecule is Cc1ccc2c(c1)c(COC(=O)c1cccc(Cl)c1)c(COc1ccc(Br)cc1)n2C. The first-order valence-electron chi connectivity index (χ1n) is 9.80. The number of nitrogens with zero attached hydrogens (tertiary/aromatic N) is 1. The number of hydrogen-bond donors (Lipinski definition) is 0. The van der Waals surface area contributed by atoms with Gasteiger partial charge in [-0.05, 0) is 61.5 Å². The van der Waals surface area contributed by atoms with Crippen LogP contribution in [-0.2, 0) is 25.0 Å². The Morgan fingerprint density at radius 1 is 1.03 bits per heavy atom. The van der Waals surface area contributed by atoms with Gasteiger partial charge in [0, 0.05) is 33.0 Å². The fourth-order valence-electron chi connectivity index (χ4n) is 3.55. The second kappa shape index (κ2) is 9.16. The van der Waals surface area contributed by atoms with Gasteiger partial charge in [0.1, 0.15) is 19.0 Å². The molecule has 0 spiro atoms. The van der Waals surface area contributed by atoms with E-state index in [9.17, 15) is 4.79 Å². The van der Waals surface area contributed by atoms with E-state index in [1.807, 2.05) is 38.2 Å². The average molecular weight is 499 g/mol. The molecule has 0 N–H and O–H groups in total. The summed E-state index contributed by atoms with van der Waals surface area (Å²) in [4.78, 5) is 12.6. The Hall–Kier alpha value is -2.76. The van der Waals surface area contributed by atoms with Gasteiger partial charge in [0.05, 0.1) is 11.3 Å². The lowest BCUT2D eigenvalue weighted by Gasteiger charge is -2.11. The molecule has 0 bridgehead atoms. The third kappa shape index (κ3) is 4.78. The Balaban J connectivity index is 1.63. The van der Waals surface area contributed by atoms with Crippen LogP contribution in [0.1, 0.15) is 27.2 Å². The zero-order valence-corrected chi connectivity index (χ0v) is 19.5. The van der Waals surface area contributed by atoms with Gasteiger partial charge in [0.2, 0.25) is 0 Å². The summed E-state index contributed by atoms with van der Waals surface area (Å²) in [5.74, 6) is 0.360. The summed E-state index contributed by atoms with van der Waals surface area (Å²) in [5, 5.41) is 1.55. The highest BCUT2D eigenvalue weighted by molar-refractivity contribution is 9.10. The van der Waals surface area contributed by atoms with Crippen LogP contribution in [-0.4, -0.2) is 10.5 Å². The molecule has 0 aliphatic heterocycles. The number of esters is 1. The number of halogens is 2. The van der Waals surface area contributed by atoms with Gasteiger partial charge in [0.15, 0.2) is 0 Å². The molecule has 4 rings (SSSR count). The molecule has 0 radical (unpaired) electrons. The van der Waals surface area contributed by atoms with Crippen molar-refractivity contribution < 1.29 is 14.3 Å². The van der Waals surface area contributed by atoms with Crippen LogP contribution in [0.25, 0.3) is 10.9 Å². The fraction of sp³-hybridized carbons (Fsp3) is 0.160. The first-order valence-corrected chi connectivity index (χ1v) is 11.0. The van der Waals surface area contributed by atoms with E-state index in [4.69, 9.17) is 21.1 Å². The Kier molecular flexibility index (Phi) is 6.35. The molecule has 0 amide bonds. The third-order valence-corrected chi connectivity index (χ3v) is 5.95. The Morgan fingerprint density at radius 3 is 2.55 bits per heavy atom. The molecule has 4 nitrogen and oxygen atoms in total. The molecule has 31 heavy (non-hydrogen) atoms. The summed E-state index contributed by atoms with van der Waals surface area (Å²) < 4.78 is 14.8. The van der Waals surface area contributed by atoms with Crippen LogP contribution < -0.4 is 4.74 Å². The van der Waals surface area contributed by atoms with E-state index >= 15 is 0 Å². The topological polar surface area (TPSA) is 40.5 Å². The van der Waals surface area contributed by atoms with Crippen molar-refractivity contribution in [3.05, 3.63) is 98.6 Å². The smallest absolute Gasteiger partial charge is 0.338 e. The van der Waals surface area contributed by atoms with Gasteiger partial charge in [-0.3, -0.25) is 0 Å². The van der Waals surface area contributed by atoms with Crippen LogP contribution in [0, 0.1) is 6.92 Å². The van der Waals surface area contributed by atoms with Crippen molar-refractivity contribution >= 4 is 44.4 Å². The van der Waals surface area contributed by atoms with E-state index < -0.39 is 5.97 Å². The van der Waals surface area contributed by atoms with Crippen molar-refractivity contribution in [3.63, 3.8) is 0 Å². The van der Waals surface area contributed by atoms with Crippen LogP contribution in [0.15, 0.2) is 71.2 Å². The molecule has 0 saturated carbocycles. The van der Waals surface area contributed by atoms with Crippen molar-refractivity contribution in [2.45, 2.75) is 20.1 Å². The highest BCUT2D eigenvalue weighted by Crippen LogP contribution is 2.29. The predicted octanol–water partition coefficient (Wildman–Crippen LogP) is 6.84. The molecule has 0 unspecified atom stereocenters. The van der Waals surface area contributed by atoms with Gasteiger partial charge in [0.25, 0.3) is 0 Å². The molecule has 0 aliphatic rings. The van der Waals surface area contributed by atoms with Gasteiger partial charge >= 0.3 is 5.97 Å². The number of benzene rings is 3. The van der Waals surface area contributed by atoms with Crippen molar-refractivity contribution in [1.82, 2.24) is 4.57 Å². The largest absolute Gasteiger partial charge is 0.487 e. The van der Waals surface area contributed by atoms with Gasteiger partial charge in [-0.1, -0.05) is 45.2 Å². The van der Waals surface area contributed by atoms with Gasteiger partial charge in [-0.2, -0.15) is 0 Å². The quantitative estimate of drug-likeness (QED) is 0.273. The summed E-state index contributed by atoms with van der Waals surface area (Å²) in [5.41, 5.74) is 4.53. The predicted molar refractivity (Wildman–Crippen MR) is 127 cm³/mol. The number of carbonyl (C=O) groups is 1. The van der Waals surface area contributed by atoms with Crippen LogP contribution in [0.5, 0.6) is 5.75 Å². The summed E-state index contributed by atoms with van der Waals surface area (Å²) in [7, 11) is 2.00. The molecule has 1 aromatic heterocycles. The number of carbonyl (C=O) groups excluding carboxylic acids is 1. The van der Waals surface area contributed by atoms with Gasteiger partial charge in [-0.15, -0.1) is 0 Å². The monoisotopic (exact) mass is 497 g/mol. The van der Waals surface area contributed by atoms with Crippen LogP contribution in [0.4, 0.5) is 0 Å². The number of ether oxygens (including phenoxy) is 2. The standard InChI is InChI=1S/C25H21BrClNO3/c1-16-6-11-23-21(12-16)22(14-31-25(29)17-4-3-5-19(27)13-17)24(28(23)2)15-30-20-9-7-18(26)8-10-20/h3-13H,14-15H2,1-2H3. The molecule has 0 fully saturated rings. The number of rotatable bonds is 6. The zero-order chi connectivity index (χ0) is 22.0. The summed E-state index contributed by atoms with van der Waals surface area (Å²) in [6.45, 7) is 2.55. The van der Waals surface area contributed by atoms with Crippen molar-refractivity contribution in [3.8, 4) is 5.75 Å². The second-order valence-corrected chi connectivity index (χ2v) is 8.69. The molecule has 0 saturated heterocycles. The van der Waals surface area contributed by atoms with E-state index in [-0.39, 0.29) is 6.61 Å². The maximum atomic E-state index is 12.6. The molecule has 3 aromatic carbocycles. The number of aryl methyl sites for hydroxylation is 2. The normalized spacial score (nSPS) is 11.0. The van der Waals surface area contributed by atoms with Crippen LogP contribution in [0.3, 0.4) is 0 Å². The Bertz CT molecular complexity index is 1250. The lowest BCUT2D eigenvalue weighted by molar-refractivity contribution is 0.0472. The average Bonchev–Trinajstić information content (AvgIpc) is 3.02. The first kappa shape index (κ1) is 21.5. The lowest BCUT2D eigenvalue weighted by Crippen LogP contribution is -2.09. The summed E-state index contributed by atoms with van der Waals surface area (Å²) in [6, 6.07) is 20.7. The molecule has 1 heterocycles. The number of aromatic nitrogens is 1. The van der Waals surface area contributed by atoms with Crippen molar-refractivity contribution in [1.29, 1.82) is 0 Å². The van der Waals surface area contributed by atoms with E-state index in [1.54, 1.807) is 24.3 Å². The Morgan fingerprint density at radius 2 is 1.81 bits per heavy atom. The molecular weight excluding hydrogens is 478 g/mol. The Labute approximate surface area is 194 Å². The maximum Gasteiger partial charge on any atom is 0.338 e. The molecular formula is C25H21BrClNO3. The molecule has 6 heteroatoms.